The highest BCUT2D eigenvalue weighted by Crippen LogP contribution is 2.33. The fourth-order valence-electron chi connectivity index (χ4n) is 5.45. The molecule has 42 heavy (non-hydrogen) atoms. The van der Waals surface area contributed by atoms with Crippen LogP contribution in [-0.2, 0) is 4.79 Å². The van der Waals surface area contributed by atoms with Crippen molar-refractivity contribution in [1.29, 1.82) is 0 Å². The van der Waals surface area contributed by atoms with E-state index >= 15 is 0 Å². The van der Waals surface area contributed by atoms with Gasteiger partial charge in [-0.05, 0) is 78.9 Å². The first kappa shape index (κ1) is 28.2. The molecule has 0 saturated carbocycles. The lowest BCUT2D eigenvalue weighted by Gasteiger charge is -2.26. The summed E-state index contributed by atoms with van der Waals surface area (Å²) in [5.41, 5.74) is 2.19. The molecule has 10 heteroatoms. The zero-order valence-corrected chi connectivity index (χ0v) is 25.8. The Kier molecular flexibility index (Phi) is 8.17. The number of fused-ring (bicyclic) bond motifs is 1. The first-order valence-corrected chi connectivity index (χ1v) is 15.7. The molecule has 2 aliphatic heterocycles. The van der Waals surface area contributed by atoms with E-state index in [2.05, 4.69) is 26.1 Å². The molecule has 0 radical (unpaired) electrons. The van der Waals surface area contributed by atoms with Crippen molar-refractivity contribution in [3.8, 4) is 5.75 Å². The summed E-state index contributed by atoms with van der Waals surface area (Å²) in [5, 5.41) is 2.98. The highest BCUT2D eigenvalue weighted by atomic mass is 79.9. The van der Waals surface area contributed by atoms with Crippen LogP contribution in [0, 0.1) is 0 Å². The smallest absolute Gasteiger partial charge is 0.271 e. The van der Waals surface area contributed by atoms with Crippen molar-refractivity contribution in [2.45, 2.75) is 39.2 Å². The molecule has 0 unspecified atom stereocenters. The zero-order valence-electron chi connectivity index (χ0n) is 23.4. The van der Waals surface area contributed by atoms with Crippen molar-refractivity contribution < 1.29 is 13.9 Å². The molecule has 1 amide bonds. The molecule has 216 valence electrons. The van der Waals surface area contributed by atoms with Crippen LogP contribution in [0.2, 0.25) is 0 Å². The van der Waals surface area contributed by atoms with Crippen LogP contribution in [0.4, 0.5) is 11.6 Å². The Labute approximate surface area is 255 Å². The number of benzene rings is 2. The van der Waals surface area contributed by atoms with E-state index in [9.17, 15) is 9.59 Å². The topological polar surface area (TPSA) is 89.1 Å². The van der Waals surface area contributed by atoms with Crippen molar-refractivity contribution in [1.82, 2.24) is 4.57 Å². The van der Waals surface area contributed by atoms with E-state index in [0.29, 0.717) is 38.7 Å². The summed E-state index contributed by atoms with van der Waals surface area (Å²) in [6, 6.07) is 18.0. The van der Waals surface area contributed by atoms with Crippen LogP contribution in [0.5, 0.6) is 5.75 Å². The number of rotatable bonds is 7. The molecule has 1 fully saturated rings. The van der Waals surface area contributed by atoms with Gasteiger partial charge in [0.15, 0.2) is 4.80 Å². The summed E-state index contributed by atoms with van der Waals surface area (Å²) < 4.78 is 14.8. The number of allylic oxidation sites excluding steroid dienone is 1. The Hall–Kier alpha value is -3.89. The van der Waals surface area contributed by atoms with Gasteiger partial charge in [-0.25, -0.2) is 4.99 Å². The minimum Gasteiger partial charge on any atom is -0.494 e. The number of furan rings is 1. The molecule has 2 aromatic heterocycles. The van der Waals surface area contributed by atoms with Crippen LogP contribution in [0.1, 0.15) is 50.5 Å². The van der Waals surface area contributed by atoms with Gasteiger partial charge >= 0.3 is 0 Å². The standard InChI is InChI=1S/C32H31BrN4O4S/c1-3-40-23-14-12-21(13-15-23)28-27(29(38)35-22-10-6-4-7-11-22)20(2)34-32-37(28)30(39)26(42-32)19-24-18-25(33)31(41-24)36-16-8-5-9-17-36/h4,6-7,10-15,18-19,28H,3,5,8-9,16-17H2,1-2H3,(H,35,38)/b26-19+/t28-/m0/s1. The van der Waals surface area contributed by atoms with Gasteiger partial charge in [-0.15, -0.1) is 0 Å². The number of piperidine rings is 1. The van der Waals surface area contributed by atoms with Gasteiger partial charge in [-0.3, -0.25) is 14.2 Å². The summed E-state index contributed by atoms with van der Waals surface area (Å²) in [4.78, 5) is 35.3. The summed E-state index contributed by atoms with van der Waals surface area (Å²) >= 11 is 4.93. The van der Waals surface area contributed by atoms with Crippen molar-refractivity contribution >= 4 is 50.8 Å². The summed E-state index contributed by atoms with van der Waals surface area (Å²) in [6.45, 7) is 6.18. The molecule has 2 aromatic carbocycles. The number of amides is 1. The maximum Gasteiger partial charge on any atom is 0.271 e. The number of para-hydroxylation sites is 1. The highest BCUT2D eigenvalue weighted by molar-refractivity contribution is 9.10. The normalized spacial score (nSPS) is 17.2. The lowest BCUT2D eigenvalue weighted by atomic mass is 9.95. The number of carbonyl (C=O) groups excluding carboxylic acids is 1. The quantitative estimate of drug-likeness (QED) is 0.282. The second-order valence-corrected chi connectivity index (χ2v) is 12.1. The van der Waals surface area contributed by atoms with Gasteiger partial charge in [0.1, 0.15) is 11.5 Å². The lowest BCUT2D eigenvalue weighted by Crippen LogP contribution is -2.40. The molecule has 0 bridgehead atoms. The van der Waals surface area contributed by atoms with E-state index in [1.54, 1.807) is 10.6 Å². The SMILES string of the molecule is CCOc1ccc([C@H]2C(C(=O)Nc3ccccc3)=C(C)N=c3s/c(=C/c4cc(Br)c(N5CCCCC5)o4)c(=O)n32)cc1. The van der Waals surface area contributed by atoms with Crippen LogP contribution in [0.3, 0.4) is 0 Å². The molecule has 1 atom stereocenters. The molecule has 2 aliphatic rings. The number of nitrogens with one attached hydrogen (secondary N) is 1. The first-order chi connectivity index (χ1) is 20.4. The van der Waals surface area contributed by atoms with Crippen molar-refractivity contribution in [3.05, 3.63) is 107 Å². The second kappa shape index (κ2) is 12.1. The van der Waals surface area contributed by atoms with Gasteiger partial charge in [0.2, 0.25) is 5.88 Å². The molecular weight excluding hydrogens is 616 g/mol. The van der Waals surface area contributed by atoms with E-state index in [1.165, 1.54) is 17.8 Å². The van der Waals surface area contributed by atoms with E-state index in [-0.39, 0.29) is 11.5 Å². The number of hydrogen-bond donors (Lipinski definition) is 1. The predicted molar refractivity (Wildman–Crippen MR) is 169 cm³/mol. The van der Waals surface area contributed by atoms with Crippen molar-refractivity contribution in [2.75, 3.05) is 29.9 Å². The van der Waals surface area contributed by atoms with E-state index < -0.39 is 6.04 Å². The molecule has 1 saturated heterocycles. The maximum atomic E-state index is 14.0. The molecule has 6 rings (SSSR count). The fraction of sp³-hybridized carbons (Fsp3) is 0.281. The Balaban J connectivity index is 1.44. The minimum atomic E-state index is -0.671. The van der Waals surface area contributed by atoms with Crippen molar-refractivity contribution in [3.63, 3.8) is 0 Å². The van der Waals surface area contributed by atoms with Crippen molar-refractivity contribution in [2.24, 2.45) is 4.99 Å². The molecular formula is C32H31BrN4O4S. The molecule has 0 spiro atoms. The average Bonchev–Trinajstić information content (AvgIpc) is 3.52. The third kappa shape index (κ3) is 5.61. The molecule has 0 aliphatic carbocycles. The van der Waals surface area contributed by atoms with Gasteiger partial charge in [0, 0.05) is 30.9 Å². The third-order valence-corrected chi connectivity index (χ3v) is 8.96. The average molecular weight is 648 g/mol. The number of anilines is 2. The number of hydrogen-bond acceptors (Lipinski definition) is 7. The Bertz CT molecular complexity index is 1820. The minimum absolute atomic E-state index is 0.234. The molecule has 8 nitrogen and oxygen atoms in total. The number of halogens is 1. The van der Waals surface area contributed by atoms with Crippen LogP contribution >= 0.6 is 27.3 Å². The van der Waals surface area contributed by atoms with Gasteiger partial charge < -0.3 is 19.4 Å². The van der Waals surface area contributed by atoms with Crippen LogP contribution in [0.15, 0.2) is 90.6 Å². The molecule has 1 N–H and O–H groups in total. The second-order valence-electron chi connectivity index (χ2n) is 10.3. The number of aromatic nitrogens is 1. The Morgan fingerprint density at radius 3 is 2.60 bits per heavy atom. The third-order valence-electron chi connectivity index (χ3n) is 7.41. The van der Waals surface area contributed by atoms with E-state index in [0.717, 1.165) is 47.6 Å². The van der Waals surface area contributed by atoms with E-state index in [4.69, 9.17) is 14.1 Å². The zero-order chi connectivity index (χ0) is 29.2. The van der Waals surface area contributed by atoms with Crippen LogP contribution in [-0.4, -0.2) is 30.2 Å². The van der Waals surface area contributed by atoms with Crippen LogP contribution < -0.4 is 29.8 Å². The monoisotopic (exact) mass is 646 g/mol. The lowest BCUT2D eigenvalue weighted by molar-refractivity contribution is -0.113. The van der Waals surface area contributed by atoms with Gasteiger partial charge in [0.25, 0.3) is 11.5 Å². The summed E-state index contributed by atoms with van der Waals surface area (Å²) in [7, 11) is 0. The molecule has 4 aromatic rings. The number of ether oxygens (including phenoxy) is 1. The highest BCUT2D eigenvalue weighted by Gasteiger charge is 2.32. The van der Waals surface area contributed by atoms with E-state index in [1.807, 2.05) is 74.5 Å². The maximum absolute atomic E-state index is 14.0. The van der Waals surface area contributed by atoms with Gasteiger partial charge in [0.05, 0.1) is 32.9 Å². The number of thiazole rings is 1. The Morgan fingerprint density at radius 2 is 1.88 bits per heavy atom. The fourth-order valence-corrected chi connectivity index (χ4v) is 7.03. The number of nitrogens with zero attached hydrogens (tertiary/aromatic N) is 3. The molecule has 4 heterocycles. The Morgan fingerprint density at radius 1 is 1.14 bits per heavy atom. The number of carbonyl (C=O) groups is 1. The van der Waals surface area contributed by atoms with Crippen LogP contribution in [0.25, 0.3) is 6.08 Å². The van der Waals surface area contributed by atoms with Gasteiger partial charge in [-0.2, -0.15) is 0 Å². The largest absolute Gasteiger partial charge is 0.494 e. The summed E-state index contributed by atoms with van der Waals surface area (Å²) in [6.07, 6.45) is 5.25. The predicted octanol–water partition coefficient (Wildman–Crippen LogP) is 5.62. The summed E-state index contributed by atoms with van der Waals surface area (Å²) in [5.74, 6) is 1.79. The van der Waals surface area contributed by atoms with Gasteiger partial charge in [-0.1, -0.05) is 41.7 Å². The first-order valence-electron chi connectivity index (χ1n) is 14.1.